The molecule has 2 atom stereocenters. The van der Waals surface area contributed by atoms with E-state index in [0.717, 1.165) is 51.2 Å². The Morgan fingerprint density at radius 2 is 2.00 bits per heavy atom. The number of hydrogen-bond donors (Lipinski definition) is 2. The lowest BCUT2D eigenvalue weighted by atomic mass is 9.77. The third-order valence-electron chi connectivity index (χ3n) is 5.39. The van der Waals surface area contributed by atoms with Crippen LogP contribution in [0, 0.1) is 5.92 Å². The Balaban J connectivity index is 1.97. The molecule has 2 N–H and O–H groups in total. The predicted octanol–water partition coefficient (Wildman–Crippen LogP) is 2.48. The zero-order valence-corrected chi connectivity index (χ0v) is 13.0. The van der Waals surface area contributed by atoms with E-state index in [1.807, 2.05) is 6.92 Å². The molecule has 0 spiro atoms. The van der Waals surface area contributed by atoms with Crippen molar-refractivity contribution in [1.82, 2.24) is 10.2 Å². The smallest absolute Gasteiger partial charge is 0.323 e. The Bertz CT molecular complexity index is 322. The number of likely N-dealkylation sites (N-methyl/N-ethyl adjacent to an activating group) is 1. The van der Waals surface area contributed by atoms with E-state index < -0.39 is 11.5 Å². The molecular weight excluding hydrogens is 252 g/mol. The summed E-state index contributed by atoms with van der Waals surface area (Å²) in [5, 5.41) is 12.9. The van der Waals surface area contributed by atoms with Crippen LogP contribution in [-0.4, -0.2) is 47.2 Å². The number of rotatable bonds is 5. The monoisotopic (exact) mass is 282 g/mol. The lowest BCUT2D eigenvalue weighted by molar-refractivity contribution is -0.147. The zero-order valence-electron chi connectivity index (χ0n) is 13.0. The maximum Gasteiger partial charge on any atom is 0.323 e. The summed E-state index contributed by atoms with van der Waals surface area (Å²) < 4.78 is 0. The van der Waals surface area contributed by atoms with Crippen molar-refractivity contribution in [3.05, 3.63) is 0 Å². The van der Waals surface area contributed by atoms with E-state index in [2.05, 4.69) is 17.1 Å². The number of carboxylic acids is 1. The number of carbonyl (C=O) groups is 1. The molecule has 1 heterocycles. The highest BCUT2D eigenvalue weighted by molar-refractivity contribution is 5.79. The largest absolute Gasteiger partial charge is 0.480 e. The molecule has 0 bridgehead atoms. The number of piperidine rings is 1. The first kappa shape index (κ1) is 15.8. The van der Waals surface area contributed by atoms with E-state index >= 15 is 0 Å². The average Bonchev–Trinajstić information content (AvgIpc) is 2.48. The van der Waals surface area contributed by atoms with Gasteiger partial charge in [-0.3, -0.25) is 4.79 Å². The summed E-state index contributed by atoms with van der Waals surface area (Å²) in [7, 11) is 0. The number of aliphatic carboxylic acids is 1. The van der Waals surface area contributed by atoms with E-state index in [4.69, 9.17) is 0 Å². The van der Waals surface area contributed by atoms with Crippen molar-refractivity contribution in [3.63, 3.8) is 0 Å². The molecule has 116 valence electrons. The van der Waals surface area contributed by atoms with E-state index in [1.165, 1.54) is 19.3 Å². The summed E-state index contributed by atoms with van der Waals surface area (Å²) in [5.41, 5.74) is -0.681. The molecule has 1 saturated carbocycles. The lowest BCUT2D eigenvalue weighted by Gasteiger charge is -2.45. The number of likely N-dealkylation sites (tertiary alicyclic amines) is 1. The molecule has 20 heavy (non-hydrogen) atoms. The number of nitrogens with one attached hydrogen (secondary N) is 1. The Morgan fingerprint density at radius 3 is 2.55 bits per heavy atom. The normalized spacial score (nSPS) is 33.2. The molecular formula is C16H30N2O2. The minimum absolute atomic E-state index is 0.455. The van der Waals surface area contributed by atoms with E-state index in [0.29, 0.717) is 6.04 Å². The molecule has 0 amide bonds. The van der Waals surface area contributed by atoms with Crippen LogP contribution in [0.1, 0.15) is 58.8 Å². The van der Waals surface area contributed by atoms with Gasteiger partial charge < -0.3 is 15.3 Å². The quantitative estimate of drug-likeness (QED) is 0.813. The molecule has 2 fully saturated rings. The van der Waals surface area contributed by atoms with Crippen LogP contribution in [0.2, 0.25) is 0 Å². The van der Waals surface area contributed by atoms with E-state index in [1.54, 1.807) is 0 Å². The fraction of sp³-hybridized carbons (Fsp3) is 0.938. The fourth-order valence-electron chi connectivity index (χ4n) is 4.05. The second-order valence-corrected chi connectivity index (χ2v) is 6.56. The summed E-state index contributed by atoms with van der Waals surface area (Å²) in [5.74, 6) is 0.223. The first-order valence-corrected chi connectivity index (χ1v) is 8.33. The molecule has 0 aromatic carbocycles. The number of hydrogen-bond acceptors (Lipinski definition) is 3. The van der Waals surface area contributed by atoms with Crippen LogP contribution in [0.15, 0.2) is 0 Å². The second-order valence-electron chi connectivity index (χ2n) is 6.56. The van der Waals surface area contributed by atoms with Crippen molar-refractivity contribution in [2.45, 2.75) is 70.4 Å². The molecule has 1 aliphatic carbocycles. The summed E-state index contributed by atoms with van der Waals surface area (Å²) in [6.07, 6.45) is 7.59. The molecule has 4 heteroatoms. The van der Waals surface area contributed by atoms with Crippen molar-refractivity contribution < 1.29 is 9.90 Å². The van der Waals surface area contributed by atoms with Crippen LogP contribution in [-0.2, 0) is 4.79 Å². The van der Waals surface area contributed by atoms with Gasteiger partial charge in [0.15, 0.2) is 0 Å². The molecule has 2 rings (SSSR count). The molecule has 4 nitrogen and oxygen atoms in total. The number of carboxylic acid groups (broad SMARTS) is 1. The first-order chi connectivity index (χ1) is 9.61. The van der Waals surface area contributed by atoms with Gasteiger partial charge in [0.25, 0.3) is 0 Å². The third kappa shape index (κ3) is 3.34. The van der Waals surface area contributed by atoms with Gasteiger partial charge in [0.05, 0.1) is 0 Å². The summed E-state index contributed by atoms with van der Waals surface area (Å²) in [4.78, 5) is 14.3. The number of nitrogens with zero attached hydrogens (tertiary/aromatic N) is 1. The average molecular weight is 282 g/mol. The summed E-state index contributed by atoms with van der Waals surface area (Å²) in [6.45, 7) is 7.33. The topological polar surface area (TPSA) is 52.6 Å². The zero-order chi connectivity index (χ0) is 14.6. The maximum absolute atomic E-state index is 11.7. The minimum atomic E-state index is -0.681. The second kappa shape index (κ2) is 6.90. The molecule has 2 unspecified atom stereocenters. The van der Waals surface area contributed by atoms with Crippen LogP contribution >= 0.6 is 0 Å². The molecule has 0 aromatic rings. The van der Waals surface area contributed by atoms with E-state index in [9.17, 15) is 9.90 Å². The van der Waals surface area contributed by atoms with Gasteiger partial charge >= 0.3 is 5.97 Å². The summed E-state index contributed by atoms with van der Waals surface area (Å²) >= 11 is 0. The highest BCUT2D eigenvalue weighted by atomic mass is 16.4. The molecule has 2 aliphatic rings. The van der Waals surface area contributed by atoms with Crippen molar-refractivity contribution in [2.75, 3.05) is 19.6 Å². The van der Waals surface area contributed by atoms with Gasteiger partial charge in [-0.1, -0.05) is 20.3 Å². The van der Waals surface area contributed by atoms with Gasteiger partial charge in [0.1, 0.15) is 5.54 Å². The Kier molecular flexibility index (Phi) is 5.44. The molecule has 1 aliphatic heterocycles. The Hall–Kier alpha value is -0.610. The van der Waals surface area contributed by atoms with Crippen LogP contribution < -0.4 is 5.32 Å². The Morgan fingerprint density at radius 1 is 1.30 bits per heavy atom. The SMILES string of the molecule is CCNC1(C(=O)O)CCCC(N2CCC(CC)CC2)C1. The minimum Gasteiger partial charge on any atom is -0.480 e. The molecule has 1 saturated heterocycles. The van der Waals surface area contributed by atoms with Crippen LogP contribution in [0.5, 0.6) is 0 Å². The highest BCUT2D eigenvalue weighted by Crippen LogP contribution is 2.33. The van der Waals surface area contributed by atoms with Gasteiger partial charge in [-0.25, -0.2) is 0 Å². The standard InChI is InChI=1S/C16H30N2O2/c1-3-13-7-10-18(11-8-13)14-6-5-9-16(12-14,15(19)20)17-4-2/h13-14,17H,3-12H2,1-2H3,(H,19,20). The van der Waals surface area contributed by atoms with Crippen molar-refractivity contribution in [1.29, 1.82) is 0 Å². The van der Waals surface area contributed by atoms with Crippen molar-refractivity contribution >= 4 is 5.97 Å². The fourth-order valence-corrected chi connectivity index (χ4v) is 4.05. The van der Waals surface area contributed by atoms with E-state index in [-0.39, 0.29) is 0 Å². The molecule has 0 radical (unpaired) electrons. The van der Waals surface area contributed by atoms with Gasteiger partial charge in [0, 0.05) is 6.04 Å². The summed E-state index contributed by atoms with van der Waals surface area (Å²) in [6, 6.07) is 0.455. The third-order valence-corrected chi connectivity index (χ3v) is 5.39. The van der Waals surface area contributed by atoms with Crippen molar-refractivity contribution in [2.24, 2.45) is 5.92 Å². The van der Waals surface area contributed by atoms with Crippen LogP contribution in [0.3, 0.4) is 0 Å². The van der Waals surface area contributed by atoms with Gasteiger partial charge in [-0.05, 0) is 64.1 Å². The van der Waals surface area contributed by atoms with Gasteiger partial charge in [-0.15, -0.1) is 0 Å². The highest BCUT2D eigenvalue weighted by Gasteiger charge is 2.43. The van der Waals surface area contributed by atoms with Gasteiger partial charge in [0.2, 0.25) is 0 Å². The Labute approximate surface area is 122 Å². The lowest BCUT2D eigenvalue weighted by Crippen LogP contribution is -2.58. The van der Waals surface area contributed by atoms with Crippen LogP contribution in [0.4, 0.5) is 0 Å². The van der Waals surface area contributed by atoms with Crippen LogP contribution in [0.25, 0.3) is 0 Å². The first-order valence-electron chi connectivity index (χ1n) is 8.33. The van der Waals surface area contributed by atoms with Gasteiger partial charge in [-0.2, -0.15) is 0 Å². The maximum atomic E-state index is 11.7. The van der Waals surface area contributed by atoms with Crippen molar-refractivity contribution in [3.8, 4) is 0 Å². The predicted molar refractivity (Wildman–Crippen MR) is 80.9 cm³/mol. The molecule has 0 aromatic heterocycles.